The Hall–Kier alpha value is -1.26. The molecule has 0 aliphatic rings. The van der Waals surface area contributed by atoms with E-state index in [4.69, 9.17) is 9.05 Å². The van der Waals surface area contributed by atoms with Crippen LogP contribution in [-0.4, -0.2) is 19.4 Å². The summed E-state index contributed by atoms with van der Waals surface area (Å²) in [6, 6.07) is 17.2. The van der Waals surface area contributed by atoms with Gasteiger partial charge >= 0.3 is 7.60 Å². The van der Waals surface area contributed by atoms with Crippen molar-refractivity contribution >= 4 is 29.7 Å². The molecule has 0 amide bonds. The van der Waals surface area contributed by atoms with Gasteiger partial charge in [-0.1, -0.05) is 58.4 Å². The maximum absolute atomic E-state index is 13.2. The Morgan fingerprint density at radius 1 is 1.04 bits per heavy atom. The van der Waals surface area contributed by atoms with Crippen LogP contribution in [0, 0.1) is 0 Å². The highest BCUT2D eigenvalue weighted by molar-refractivity contribution is 9.10. The van der Waals surface area contributed by atoms with Gasteiger partial charge in [-0.2, -0.15) is 0 Å². The number of hydrogen-bond acceptors (Lipinski definition) is 4. The lowest BCUT2D eigenvalue weighted by Crippen LogP contribution is -2.05. The summed E-state index contributed by atoms with van der Waals surface area (Å²) in [5.41, 5.74) is 1.72. The van der Waals surface area contributed by atoms with Crippen LogP contribution in [0.2, 0.25) is 0 Å². The molecule has 0 saturated heterocycles. The summed E-state index contributed by atoms with van der Waals surface area (Å²) in [6.45, 7) is 4.20. The first-order valence-electron chi connectivity index (χ1n) is 7.81. The van der Waals surface area contributed by atoms with Crippen molar-refractivity contribution in [1.29, 1.82) is 0 Å². The predicted molar refractivity (Wildman–Crippen MR) is 102 cm³/mol. The first kappa shape index (κ1) is 19.1. The molecule has 0 unspecified atom stereocenters. The monoisotopic (exact) mass is 409 g/mol. The zero-order valence-corrected chi connectivity index (χ0v) is 16.2. The summed E-state index contributed by atoms with van der Waals surface area (Å²) < 4.78 is 25.2. The van der Waals surface area contributed by atoms with Crippen molar-refractivity contribution in [2.75, 3.05) is 13.2 Å². The van der Waals surface area contributed by atoms with Crippen molar-refractivity contribution in [3.05, 3.63) is 70.2 Å². The molecule has 0 saturated carbocycles. The highest BCUT2D eigenvalue weighted by Crippen LogP contribution is 2.61. The first-order valence-corrected chi connectivity index (χ1v) is 10.2. The first-order chi connectivity index (χ1) is 11.6. The van der Waals surface area contributed by atoms with Crippen LogP contribution >= 0.6 is 23.5 Å². The summed E-state index contributed by atoms with van der Waals surface area (Å²) in [7, 11) is -3.41. The molecule has 128 valence electrons. The topological polar surface area (TPSA) is 47.9 Å². The average Bonchev–Trinajstić information content (AvgIpc) is 2.58. The molecule has 0 aromatic heterocycles. The van der Waals surface area contributed by atoms with Gasteiger partial charge in [0, 0.05) is 10.7 Å². The molecule has 0 N–H and O–H groups in total. The van der Waals surface area contributed by atoms with Gasteiger partial charge in [0.25, 0.3) is 0 Å². The van der Waals surface area contributed by atoms with E-state index in [1.807, 2.05) is 54.6 Å². The Morgan fingerprint density at radius 2 is 1.62 bits per heavy atom. The normalized spacial score (nSPS) is 13.3. The van der Waals surface area contributed by atoms with E-state index < -0.39 is 13.4 Å². The summed E-state index contributed by atoms with van der Waals surface area (Å²) in [4.78, 5) is 4.55. The van der Waals surface area contributed by atoms with Gasteiger partial charge in [-0.25, -0.2) is 0 Å². The van der Waals surface area contributed by atoms with E-state index >= 15 is 0 Å². The van der Waals surface area contributed by atoms with Gasteiger partial charge in [0.15, 0.2) is 5.78 Å². The van der Waals surface area contributed by atoms with Gasteiger partial charge in [0.1, 0.15) is 0 Å². The maximum Gasteiger partial charge on any atom is 0.359 e. The Morgan fingerprint density at radius 3 is 2.17 bits per heavy atom. The molecular formula is C18H21BrNO3P. The molecule has 0 radical (unpaired) electrons. The van der Waals surface area contributed by atoms with Gasteiger partial charge in [-0.15, -0.1) is 0 Å². The van der Waals surface area contributed by atoms with E-state index in [1.54, 1.807) is 20.1 Å². The van der Waals surface area contributed by atoms with Crippen LogP contribution in [0.1, 0.15) is 30.8 Å². The molecule has 0 aliphatic heterocycles. The fourth-order valence-corrected chi connectivity index (χ4v) is 4.33. The minimum absolute atomic E-state index is 0.300. The van der Waals surface area contributed by atoms with Crippen LogP contribution in [-0.2, 0) is 13.6 Å². The lowest BCUT2D eigenvalue weighted by atomic mass is 10.2. The van der Waals surface area contributed by atoms with Crippen LogP contribution in [0.3, 0.4) is 0 Å². The summed E-state index contributed by atoms with van der Waals surface area (Å²) >= 11 is 3.41. The molecule has 2 rings (SSSR count). The molecule has 0 aliphatic carbocycles. The molecule has 6 heteroatoms. The number of halogens is 1. The van der Waals surface area contributed by atoms with Gasteiger partial charge in [0.2, 0.25) is 0 Å². The Bertz CT molecular complexity index is 694. The minimum Gasteiger partial charge on any atom is -0.307 e. The van der Waals surface area contributed by atoms with E-state index in [2.05, 4.69) is 20.9 Å². The fourth-order valence-electron chi connectivity index (χ4n) is 2.22. The molecule has 0 heterocycles. The van der Waals surface area contributed by atoms with Gasteiger partial charge in [-0.05, 0) is 37.1 Å². The van der Waals surface area contributed by atoms with E-state index in [1.165, 1.54) is 0 Å². The SMILES string of the molecule is CCOP(=O)(OCC)[C@H](N=Cc1ccc(Br)cc1)c1ccccc1. The van der Waals surface area contributed by atoms with E-state index in [9.17, 15) is 4.57 Å². The van der Waals surface area contributed by atoms with Gasteiger partial charge in [-0.3, -0.25) is 9.56 Å². The quantitative estimate of drug-likeness (QED) is 0.406. The van der Waals surface area contributed by atoms with Crippen molar-refractivity contribution in [1.82, 2.24) is 0 Å². The third kappa shape index (κ3) is 5.12. The van der Waals surface area contributed by atoms with E-state index in [0.717, 1.165) is 15.6 Å². The highest BCUT2D eigenvalue weighted by atomic mass is 79.9. The number of rotatable bonds is 8. The minimum atomic E-state index is -3.41. The zero-order valence-electron chi connectivity index (χ0n) is 13.8. The molecule has 1 atom stereocenters. The Kier molecular flexibility index (Phi) is 7.38. The Labute approximate surface area is 151 Å². The lowest BCUT2D eigenvalue weighted by molar-refractivity contribution is 0.212. The maximum atomic E-state index is 13.2. The summed E-state index contributed by atoms with van der Waals surface area (Å²) in [5, 5.41) is 0. The van der Waals surface area contributed by atoms with E-state index in [-0.39, 0.29) is 0 Å². The standard InChI is InChI=1S/C18H21BrNO3P/c1-3-22-24(21,23-4-2)18(16-8-6-5-7-9-16)20-14-15-10-12-17(19)13-11-15/h5-14,18H,3-4H2,1-2H3/t18-/m0/s1. The Balaban J connectivity index is 2.39. The second-order valence-corrected chi connectivity index (χ2v) is 7.99. The van der Waals surface area contributed by atoms with Crippen LogP contribution < -0.4 is 0 Å². The molecule has 2 aromatic carbocycles. The molecule has 0 spiro atoms. The number of hydrogen-bond donors (Lipinski definition) is 0. The van der Waals surface area contributed by atoms with E-state index in [0.29, 0.717) is 13.2 Å². The van der Waals surface area contributed by atoms with Crippen LogP contribution in [0.15, 0.2) is 64.1 Å². The van der Waals surface area contributed by atoms with Crippen LogP contribution in [0.5, 0.6) is 0 Å². The van der Waals surface area contributed by atoms with Crippen molar-refractivity contribution in [2.45, 2.75) is 19.6 Å². The predicted octanol–water partition coefficient (Wildman–Crippen LogP) is 5.83. The number of aliphatic imine (C=N–C) groups is 1. The second-order valence-electron chi connectivity index (χ2n) is 4.99. The molecular weight excluding hydrogens is 389 g/mol. The van der Waals surface area contributed by atoms with Crippen molar-refractivity contribution in [3.63, 3.8) is 0 Å². The summed E-state index contributed by atoms with van der Waals surface area (Å²) in [5.74, 6) is -0.692. The molecule has 0 fully saturated rings. The molecule has 24 heavy (non-hydrogen) atoms. The third-order valence-electron chi connectivity index (χ3n) is 3.25. The van der Waals surface area contributed by atoms with Gasteiger partial charge < -0.3 is 9.05 Å². The molecule has 2 aromatic rings. The average molecular weight is 410 g/mol. The van der Waals surface area contributed by atoms with Crippen molar-refractivity contribution in [3.8, 4) is 0 Å². The second kappa shape index (κ2) is 9.28. The smallest absolute Gasteiger partial charge is 0.307 e. The van der Waals surface area contributed by atoms with Crippen molar-refractivity contribution in [2.24, 2.45) is 4.99 Å². The molecule has 4 nitrogen and oxygen atoms in total. The number of benzene rings is 2. The summed E-state index contributed by atoms with van der Waals surface area (Å²) in [6.07, 6.45) is 1.70. The zero-order chi connectivity index (χ0) is 17.4. The van der Waals surface area contributed by atoms with Crippen molar-refractivity contribution < 1.29 is 13.6 Å². The highest BCUT2D eigenvalue weighted by Gasteiger charge is 2.36. The van der Waals surface area contributed by atoms with Gasteiger partial charge in [0.05, 0.1) is 13.2 Å². The largest absolute Gasteiger partial charge is 0.359 e. The van der Waals surface area contributed by atoms with Crippen LogP contribution in [0.4, 0.5) is 0 Å². The lowest BCUT2D eigenvalue weighted by Gasteiger charge is -2.23. The van der Waals surface area contributed by atoms with Crippen LogP contribution in [0.25, 0.3) is 0 Å². The fraction of sp³-hybridized carbons (Fsp3) is 0.278. The number of nitrogens with zero attached hydrogens (tertiary/aromatic N) is 1. The molecule has 0 bridgehead atoms. The third-order valence-corrected chi connectivity index (χ3v) is 6.05.